The highest BCUT2D eigenvalue weighted by molar-refractivity contribution is 6.32. The number of nitrogens with zero attached hydrogens (tertiary/aromatic N) is 2. The SMILES string of the molecule is CON=CC(=O)N(C)c1ccccc1. The lowest BCUT2D eigenvalue weighted by molar-refractivity contribution is -0.112. The summed E-state index contributed by atoms with van der Waals surface area (Å²) in [4.78, 5) is 17.3. The molecule has 0 atom stereocenters. The van der Waals surface area contributed by atoms with Gasteiger partial charge in [-0.25, -0.2) is 0 Å². The summed E-state index contributed by atoms with van der Waals surface area (Å²) in [5.41, 5.74) is 0.819. The molecule has 0 bridgehead atoms. The van der Waals surface area contributed by atoms with Gasteiger partial charge in [0, 0.05) is 12.7 Å². The standard InChI is InChI=1S/C10H12N2O2/c1-12(10(13)8-11-14-2)9-6-4-3-5-7-9/h3-8H,1-2H3. The van der Waals surface area contributed by atoms with Crippen LogP contribution in [0.1, 0.15) is 0 Å². The summed E-state index contributed by atoms with van der Waals surface area (Å²) in [6.07, 6.45) is 1.13. The summed E-state index contributed by atoms with van der Waals surface area (Å²) >= 11 is 0. The number of carbonyl (C=O) groups is 1. The van der Waals surface area contributed by atoms with E-state index in [4.69, 9.17) is 0 Å². The number of anilines is 1. The van der Waals surface area contributed by atoms with Crippen molar-refractivity contribution < 1.29 is 9.63 Å². The van der Waals surface area contributed by atoms with E-state index >= 15 is 0 Å². The molecule has 14 heavy (non-hydrogen) atoms. The summed E-state index contributed by atoms with van der Waals surface area (Å²) in [5, 5.41) is 3.40. The van der Waals surface area contributed by atoms with Crippen LogP contribution in [0.3, 0.4) is 0 Å². The molecule has 0 aromatic heterocycles. The van der Waals surface area contributed by atoms with Crippen LogP contribution in [0.25, 0.3) is 0 Å². The van der Waals surface area contributed by atoms with E-state index < -0.39 is 0 Å². The topological polar surface area (TPSA) is 41.9 Å². The molecule has 4 nitrogen and oxygen atoms in total. The van der Waals surface area contributed by atoms with Crippen LogP contribution >= 0.6 is 0 Å². The van der Waals surface area contributed by atoms with E-state index in [0.717, 1.165) is 11.9 Å². The zero-order chi connectivity index (χ0) is 10.4. The summed E-state index contributed by atoms with van der Waals surface area (Å²) in [6, 6.07) is 9.32. The Kier molecular flexibility index (Phi) is 3.67. The van der Waals surface area contributed by atoms with Crippen molar-refractivity contribution in [2.45, 2.75) is 0 Å². The quantitative estimate of drug-likeness (QED) is 0.534. The van der Waals surface area contributed by atoms with Crippen molar-refractivity contribution in [3.8, 4) is 0 Å². The van der Waals surface area contributed by atoms with Gasteiger partial charge < -0.3 is 9.74 Å². The minimum absolute atomic E-state index is 0.224. The molecule has 1 amide bonds. The molecule has 0 aliphatic rings. The van der Waals surface area contributed by atoms with Crippen molar-refractivity contribution >= 4 is 17.8 Å². The summed E-state index contributed by atoms with van der Waals surface area (Å²) in [6.45, 7) is 0. The summed E-state index contributed by atoms with van der Waals surface area (Å²) in [5.74, 6) is -0.224. The highest BCUT2D eigenvalue weighted by Gasteiger charge is 2.06. The zero-order valence-electron chi connectivity index (χ0n) is 8.18. The molecular weight excluding hydrogens is 180 g/mol. The lowest BCUT2D eigenvalue weighted by atomic mass is 10.3. The van der Waals surface area contributed by atoms with Gasteiger partial charge in [0.15, 0.2) is 0 Å². The molecule has 0 aliphatic carbocycles. The fraction of sp³-hybridized carbons (Fsp3) is 0.200. The van der Waals surface area contributed by atoms with Gasteiger partial charge in [-0.15, -0.1) is 0 Å². The Hall–Kier alpha value is -1.84. The monoisotopic (exact) mass is 192 g/mol. The number of amides is 1. The number of hydrogen-bond acceptors (Lipinski definition) is 3. The molecule has 0 N–H and O–H groups in total. The first-order chi connectivity index (χ1) is 6.75. The number of oxime groups is 1. The van der Waals surface area contributed by atoms with E-state index in [-0.39, 0.29) is 5.91 Å². The summed E-state index contributed by atoms with van der Waals surface area (Å²) < 4.78 is 0. The third kappa shape index (κ3) is 2.58. The number of hydrogen-bond donors (Lipinski definition) is 0. The van der Waals surface area contributed by atoms with E-state index in [2.05, 4.69) is 9.99 Å². The van der Waals surface area contributed by atoms with E-state index in [0.29, 0.717) is 0 Å². The van der Waals surface area contributed by atoms with Crippen LogP contribution < -0.4 is 4.90 Å². The molecule has 4 heteroatoms. The van der Waals surface area contributed by atoms with Gasteiger partial charge in [0.05, 0.1) is 0 Å². The normalized spacial score (nSPS) is 10.1. The lowest BCUT2D eigenvalue weighted by Gasteiger charge is -2.13. The highest BCUT2D eigenvalue weighted by atomic mass is 16.6. The smallest absolute Gasteiger partial charge is 0.272 e. The van der Waals surface area contributed by atoms with E-state index in [9.17, 15) is 4.79 Å². The van der Waals surface area contributed by atoms with Crippen LogP contribution in [-0.2, 0) is 9.63 Å². The molecule has 0 aliphatic heterocycles. The second-order valence-electron chi connectivity index (χ2n) is 2.65. The molecule has 1 aromatic carbocycles. The van der Waals surface area contributed by atoms with Crippen molar-refractivity contribution in [3.63, 3.8) is 0 Å². The predicted octanol–water partition coefficient (Wildman–Crippen LogP) is 1.28. The minimum atomic E-state index is -0.224. The fourth-order valence-electron chi connectivity index (χ4n) is 0.963. The number of benzene rings is 1. The van der Waals surface area contributed by atoms with Crippen molar-refractivity contribution in [3.05, 3.63) is 30.3 Å². The molecule has 0 spiro atoms. The number of rotatable bonds is 3. The largest absolute Gasteiger partial charge is 0.399 e. The molecule has 74 valence electrons. The maximum absolute atomic E-state index is 11.4. The maximum Gasteiger partial charge on any atom is 0.272 e. The van der Waals surface area contributed by atoms with Gasteiger partial charge in [0.25, 0.3) is 5.91 Å². The van der Waals surface area contributed by atoms with Crippen LogP contribution in [0, 0.1) is 0 Å². The Morgan fingerprint density at radius 3 is 2.64 bits per heavy atom. The minimum Gasteiger partial charge on any atom is -0.399 e. The van der Waals surface area contributed by atoms with Gasteiger partial charge in [-0.2, -0.15) is 0 Å². The van der Waals surface area contributed by atoms with E-state index in [1.807, 2.05) is 30.3 Å². The molecule has 0 unspecified atom stereocenters. The zero-order valence-corrected chi connectivity index (χ0v) is 8.18. The number of carbonyl (C=O) groups excluding carboxylic acids is 1. The molecule has 0 radical (unpaired) electrons. The number of para-hydroxylation sites is 1. The molecule has 1 aromatic rings. The average molecular weight is 192 g/mol. The van der Waals surface area contributed by atoms with Crippen molar-refractivity contribution in [2.24, 2.45) is 5.16 Å². The van der Waals surface area contributed by atoms with Crippen LogP contribution in [0.5, 0.6) is 0 Å². The molecule has 0 heterocycles. The highest BCUT2D eigenvalue weighted by Crippen LogP contribution is 2.10. The third-order valence-corrected chi connectivity index (χ3v) is 1.74. The first kappa shape index (κ1) is 10.2. The Balaban J connectivity index is 2.71. The van der Waals surface area contributed by atoms with Crippen LogP contribution in [0.4, 0.5) is 5.69 Å². The van der Waals surface area contributed by atoms with E-state index in [1.54, 1.807) is 7.05 Å². The predicted molar refractivity (Wildman–Crippen MR) is 55.4 cm³/mol. The maximum atomic E-state index is 11.4. The second-order valence-corrected chi connectivity index (χ2v) is 2.65. The Morgan fingerprint density at radius 2 is 2.07 bits per heavy atom. The van der Waals surface area contributed by atoms with Gasteiger partial charge in [-0.3, -0.25) is 4.79 Å². The van der Waals surface area contributed by atoms with Gasteiger partial charge >= 0.3 is 0 Å². The molecule has 0 fully saturated rings. The van der Waals surface area contributed by atoms with Gasteiger partial charge in [-0.1, -0.05) is 23.4 Å². The van der Waals surface area contributed by atoms with Crippen LogP contribution in [-0.4, -0.2) is 26.3 Å². The first-order valence-electron chi connectivity index (χ1n) is 4.15. The van der Waals surface area contributed by atoms with Crippen molar-refractivity contribution in [1.82, 2.24) is 0 Å². The van der Waals surface area contributed by atoms with Gasteiger partial charge in [-0.05, 0) is 12.1 Å². The van der Waals surface area contributed by atoms with Gasteiger partial charge in [0.2, 0.25) is 0 Å². The summed E-state index contributed by atoms with van der Waals surface area (Å²) in [7, 11) is 3.08. The molecule has 0 saturated heterocycles. The van der Waals surface area contributed by atoms with Crippen molar-refractivity contribution in [1.29, 1.82) is 0 Å². The van der Waals surface area contributed by atoms with E-state index in [1.165, 1.54) is 12.0 Å². The second kappa shape index (κ2) is 5.01. The van der Waals surface area contributed by atoms with Crippen LogP contribution in [0.15, 0.2) is 35.5 Å². The molecule has 0 saturated carbocycles. The third-order valence-electron chi connectivity index (χ3n) is 1.74. The average Bonchev–Trinajstić information content (AvgIpc) is 2.26. The Bertz CT molecular complexity index is 322. The fourth-order valence-corrected chi connectivity index (χ4v) is 0.963. The lowest BCUT2D eigenvalue weighted by Crippen LogP contribution is -2.26. The molecular formula is C10H12N2O2. The molecule has 1 rings (SSSR count). The Morgan fingerprint density at radius 1 is 1.43 bits per heavy atom. The first-order valence-corrected chi connectivity index (χ1v) is 4.15. The van der Waals surface area contributed by atoms with Crippen molar-refractivity contribution in [2.75, 3.05) is 19.1 Å². The Labute approximate surface area is 82.8 Å². The van der Waals surface area contributed by atoms with Crippen LogP contribution in [0.2, 0.25) is 0 Å². The van der Waals surface area contributed by atoms with Gasteiger partial charge in [0.1, 0.15) is 13.3 Å².